The van der Waals surface area contributed by atoms with Crippen molar-refractivity contribution in [2.24, 2.45) is 5.92 Å². The van der Waals surface area contributed by atoms with E-state index in [-0.39, 0.29) is 34.4 Å². The first-order valence-corrected chi connectivity index (χ1v) is 14.5. The van der Waals surface area contributed by atoms with Gasteiger partial charge in [-0.05, 0) is 42.2 Å². The molecule has 0 radical (unpaired) electrons. The molecule has 1 aliphatic heterocycles. The molecule has 0 unspecified atom stereocenters. The molecular formula is C31H23Cl2FN2O3S. The molecule has 2 aliphatic rings. The Hall–Kier alpha value is -3.39. The standard InChI is InChI=1S/C31H23Cl2FN2O3S/c32-18-14-20-27-21(16-26(28(27)33)40-25-13-7-6-12-24(25)36(38)39)29(19-10-4-5-11-23(19)34)35-30(20)22(15-18)31(37)17-8-2-1-3-9-17/h1-15,21,26-29,35H,16H2/t21-,26-,27-,28-,29+/m1/s1. The summed E-state index contributed by atoms with van der Waals surface area (Å²) in [7, 11) is 0. The number of anilines is 1. The molecule has 0 bridgehead atoms. The number of thioether (sulfide) groups is 1. The largest absolute Gasteiger partial charge is 0.377 e. The van der Waals surface area contributed by atoms with Crippen LogP contribution >= 0.6 is 35.0 Å². The van der Waals surface area contributed by atoms with E-state index in [1.54, 1.807) is 66.7 Å². The molecule has 202 valence electrons. The van der Waals surface area contributed by atoms with E-state index in [4.69, 9.17) is 23.2 Å². The highest BCUT2D eigenvalue weighted by atomic mass is 35.5. The third-order valence-corrected chi connectivity index (χ3v) is 10.1. The van der Waals surface area contributed by atoms with Gasteiger partial charge in [-0.15, -0.1) is 23.4 Å². The van der Waals surface area contributed by atoms with Gasteiger partial charge < -0.3 is 5.32 Å². The van der Waals surface area contributed by atoms with Gasteiger partial charge in [-0.1, -0.05) is 72.3 Å². The molecule has 1 fully saturated rings. The first kappa shape index (κ1) is 26.8. The molecule has 4 aromatic carbocycles. The third-order valence-electron chi connectivity index (χ3n) is 7.75. The summed E-state index contributed by atoms with van der Waals surface area (Å²) in [5.41, 5.74) is 2.81. The second-order valence-electron chi connectivity index (χ2n) is 10.0. The lowest BCUT2D eigenvalue weighted by Crippen LogP contribution is -2.33. The minimum Gasteiger partial charge on any atom is -0.377 e. The number of carbonyl (C=O) groups excluding carboxylic acids is 1. The first-order chi connectivity index (χ1) is 19.3. The van der Waals surface area contributed by atoms with Crippen LogP contribution in [0.2, 0.25) is 5.02 Å². The zero-order valence-corrected chi connectivity index (χ0v) is 23.3. The summed E-state index contributed by atoms with van der Waals surface area (Å²) < 4.78 is 15.2. The Kier molecular flexibility index (Phi) is 7.29. The second kappa shape index (κ2) is 10.9. The van der Waals surface area contributed by atoms with Crippen LogP contribution in [0, 0.1) is 21.8 Å². The van der Waals surface area contributed by atoms with Crippen molar-refractivity contribution in [1.29, 1.82) is 0 Å². The monoisotopic (exact) mass is 592 g/mol. The average Bonchev–Trinajstić information content (AvgIpc) is 3.29. The molecule has 5 atom stereocenters. The molecule has 0 saturated heterocycles. The normalized spacial score (nSPS) is 23.1. The van der Waals surface area contributed by atoms with Crippen molar-refractivity contribution < 1.29 is 14.1 Å². The Bertz CT molecular complexity index is 1620. The van der Waals surface area contributed by atoms with Crippen molar-refractivity contribution in [3.63, 3.8) is 0 Å². The highest BCUT2D eigenvalue weighted by molar-refractivity contribution is 8.00. The van der Waals surface area contributed by atoms with Crippen molar-refractivity contribution in [3.05, 3.63) is 134 Å². The molecular weight excluding hydrogens is 570 g/mol. The van der Waals surface area contributed by atoms with Gasteiger partial charge in [0.2, 0.25) is 0 Å². The molecule has 1 saturated carbocycles. The molecule has 6 rings (SSSR count). The summed E-state index contributed by atoms with van der Waals surface area (Å²) in [6.45, 7) is 0. The van der Waals surface area contributed by atoms with Crippen LogP contribution in [-0.4, -0.2) is 21.3 Å². The van der Waals surface area contributed by atoms with Crippen LogP contribution in [0.4, 0.5) is 15.8 Å². The number of benzene rings is 4. The van der Waals surface area contributed by atoms with Crippen LogP contribution in [0.1, 0.15) is 45.4 Å². The van der Waals surface area contributed by atoms with Crippen LogP contribution in [0.15, 0.2) is 95.9 Å². The van der Waals surface area contributed by atoms with Crippen molar-refractivity contribution >= 4 is 52.1 Å². The lowest BCUT2D eigenvalue weighted by molar-refractivity contribution is -0.387. The number of hydrogen-bond acceptors (Lipinski definition) is 5. The Balaban J connectivity index is 1.47. The Morgan fingerprint density at radius 2 is 1.68 bits per heavy atom. The summed E-state index contributed by atoms with van der Waals surface area (Å²) >= 11 is 15.2. The van der Waals surface area contributed by atoms with Crippen LogP contribution < -0.4 is 5.32 Å². The average molecular weight is 594 g/mol. The van der Waals surface area contributed by atoms with E-state index < -0.39 is 16.3 Å². The van der Waals surface area contributed by atoms with E-state index in [9.17, 15) is 14.9 Å². The summed E-state index contributed by atoms with van der Waals surface area (Å²) in [6.07, 6.45) is 0.579. The number of halogens is 3. The zero-order chi connectivity index (χ0) is 28.0. The van der Waals surface area contributed by atoms with Crippen LogP contribution in [0.5, 0.6) is 0 Å². The fraction of sp³-hybridized carbons (Fsp3) is 0.194. The fourth-order valence-corrected chi connectivity index (χ4v) is 8.19. The third kappa shape index (κ3) is 4.76. The molecule has 1 aliphatic carbocycles. The first-order valence-electron chi connectivity index (χ1n) is 12.8. The Morgan fingerprint density at radius 3 is 2.42 bits per heavy atom. The number of nitro benzene ring substituents is 1. The summed E-state index contributed by atoms with van der Waals surface area (Å²) in [4.78, 5) is 25.5. The molecule has 1 N–H and O–H groups in total. The van der Waals surface area contributed by atoms with E-state index in [2.05, 4.69) is 5.32 Å². The minimum atomic E-state index is -0.472. The van der Waals surface area contributed by atoms with Gasteiger partial charge in [0.1, 0.15) is 5.82 Å². The van der Waals surface area contributed by atoms with Crippen molar-refractivity contribution in [2.45, 2.75) is 33.9 Å². The molecule has 1 heterocycles. The Labute approximate surface area is 244 Å². The quantitative estimate of drug-likeness (QED) is 0.105. The predicted molar refractivity (Wildman–Crippen MR) is 157 cm³/mol. The van der Waals surface area contributed by atoms with E-state index in [1.807, 2.05) is 12.1 Å². The molecule has 4 aromatic rings. The maximum absolute atomic E-state index is 15.2. The van der Waals surface area contributed by atoms with Gasteiger partial charge in [-0.25, -0.2) is 4.39 Å². The van der Waals surface area contributed by atoms with Crippen LogP contribution in [0.25, 0.3) is 0 Å². The predicted octanol–water partition coefficient (Wildman–Crippen LogP) is 8.66. The highest BCUT2D eigenvalue weighted by Gasteiger charge is 2.51. The number of fused-ring (bicyclic) bond motifs is 3. The summed E-state index contributed by atoms with van der Waals surface area (Å²) in [5, 5.41) is 14.9. The van der Waals surface area contributed by atoms with E-state index in [0.717, 1.165) is 5.56 Å². The number of rotatable bonds is 6. The molecule has 40 heavy (non-hydrogen) atoms. The number of alkyl halides is 1. The number of ketones is 1. The topological polar surface area (TPSA) is 72.2 Å². The van der Waals surface area contributed by atoms with Crippen LogP contribution in [0.3, 0.4) is 0 Å². The number of para-hydroxylation sites is 1. The highest BCUT2D eigenvalue weighted by Crippen LogP contribution is 2.59. The maximum Gasteiger partial charge on any atom is 0.282 e. The SMILES string of the molecule is O=C(c1ccccc1)c1cc(Cl)cc2c1N[C@@H](c1ccccc1F)[C@@H]1C[C@@H](Sc3ccccc3[N+](=O)[O-])[C@@H](Cl)[C@H]21. The molecule has 5 nitrogen and oxygen atoms in total. The van der Waals surface area contributed by atoms with Crippen molar-refractivity contribution in [1.82, 2.24) is 0 Å². The van der Waals surface area contributed by atoms with E-state index in [1.165, 1.54) is 23.9 Å². The van der Waals surface area contributed by atoms with E-state index >= 15 is 4.39 Å². The van der Waals surface area contributed by atoms with Crippen molar-refractivity contribution in [3.8, 4) is 0 Å². The van der Waals surface area contributed by atoms with Gasteiger partial charge in [-0.3, -0.25) is 14.9 Å². The number of nitro groups is 1. The van der Waals surface area contributed by atoms with E-state index in [0.29, 0.717) is 38.7 Å². The van der Waals surface area contributed by atoms with Gasteiger partial charge in [0.05, 0.1) is 21.2 Å². The molecule has 0 aromatic heterocycles. The van der Waals surface area contributed by atoms with Gasteiger partial charge in [-0.2, -0.15) is 0 Å². The zero-order valence-electron chi connectivity index (χ0n) is 21.0. The summed E-state index contributed by atoms with van der Waals surface area (Å²) in [6, 6.07) is 25.1. The summed E-state index contributed by atoms with van der Waals surface area (Å²) in [5.74, 6) is -0.977. The maximum atomic E-state index is 15.2. The smallest absolute Gasteiger partial charge is 0.282 e. The second-order valence-corrected chi connectivity index (χ2v) is 12.2. The lowest BCUT2D eigenvalue weighted by Gasteiger charge is -2.39. The van der Waals surface area contributed by atoms with Crippen LogP contribution in [-0.2, 0) is 0 Å². The Morgan fingerprint density at radius 1 is 0.975 bits per heavy atom. The number of carbonyl (C=O) groups is 1. The van der Waals surface area contributed by atoms with Gasteiger partial charge >= 0.3 is 0 Å². The van der Waals surface area contributed by atoms with Gasteiger partial charge in [0.25, 0.3) is 5.69 Å². The number of nitrogens with one attached hydrogen (secondary N) is 1. The fourth-order valence-electron chi connectivity index (χ4n) is 6.02. The number of nitrogens with zero attached hydrogens (tertiary/aromatic N) is 1. The van der Waals surface area contributed by atoms with Crippen molar-refractivity contribution in [2.75, 3.05) is 5.32 Å². The minimum absolute atomic E-state index is 0.0224. The molecule has 0 spiro atoms. The number of hydrogen-bond donors (Lipinski definition) is 1. The van der Waals surface area contributed by atoms with Gasteiger partial charge in [0, 0.05) is 44.6 Å². The lowest BCUT2D eigenvalue weighted by atomic mass is 9.76. The molecule has 9 heteroatoms. The molecule has 0 amide bonds. The van der Waals surface area contributed by atoms with Gasteiger partial charge in [0.15, 0.2) is 5.78 Å².